The van der Waals surface area contributed by atoms with E-state index in [4.69, 9.17) is 5.26 Å². The third-order valence-corrected chi connectivity index (χ3v) is 2.19. The summed E-state index contributed by atoms with van der Waals surface area (Å²) in [6.45, 7) is 0.251. The number of aliphatic hydroxyl groups is 1. The molecule has 1 atom stereocenters. The van der Waals surface area contributed by atoms with Crippen molar-refractivity contribution >= 4 is 11.7 Å². The van der Waals surface area contributed by atoms with Crippen LogP contribution in [0.3, 0.4) is 0 Å². The minimum Gasteiger partial charge on any atom is -0.469 e. The average molecular weight is 234 g/mol. The Morgan fingerprint density at radius 3 is 2.71 bits per heavy atom. The summed E-state index contributed by atoms with van der Waals surface area (Å²) in [6.07, 6.45) is -0.835. The van der Waals surface area contributed by atoms with E-state index < -0.39 is 12.1 Å². The predicted molar refractivity (Wildman–Crippen MR) is 62.3 cm³/mol. The molecule has 2 N–H and O–H groups in total. The van der Waals surface area contributed by atoms with Crippen molar-refractivity contribution in [3.8, 4) is 6.07 Å². The highest BCUT2D eigenvalue weighted by atomic mass is 16.5. The molecule has 0 heterocycles. The molecule has 5 nitrogen and oxygen atoms in total. The standard InChI is InChI=1S/C12H14N2O3/c1-17-12(16)6-11(15)8-14-10-4-2-9(7-13)3-5-10/h2-5,11,14-15H,6,8H2,1H3. The van der Waals surface area contributed by atoms with Crippen molar-refractivity contribution in [3.63, 3.8) is 0 Å². The number of nitrogens with zero attached hydrogens (tertiary/aromatic N) is 1. The Morgan fingerprint density at radius 1 is 1.53 bits per heavy atom. The number of nitriles is 1. The van der Waals surface area contributed by atoms with E-state index in [9.17, 15) is 9.90 Å². The number of anilines is 1. The van der Waals surface area contributed by atoms with E-state index in [2.05, 4.69) is 10.1 Å². The van der Waals surface area contributed by atoms with Crippen molar-refractivity contribution in [3.05, 3.63) is 29.8 Å². The summed E-state index contributed by atoms with van der Waals surface area (Å²) < 4.78 is 4.44. The van der Waals surface area contributed by atoms with Gasteiger partial charge in [-0.2, -0.15) is 5.26 Å². The summed E-state index contributed by atoms with van der Waals surface area (Å²) in [5, 5.41) is 21.1. The Kier molecular flexibility index (Phi) is 4.98. The molecule has 90 valence electrons. The van der Waals surface area contributed by atoms with Gasteiger partial charge in [0.05, 0.1) is 31.3 Å². The molecule has 17 heavy (non-hydrogen) atoms. The Bertz CT molecular complexity index is 409. The first-order valence-corrected chi connectivity index (χ1v) is 5.14. The second-order valence-electron chi connectivity index (χ2n) is 3.50. The minimum absolute atomic E-state index is 0.0419. The number of methoxy groups -OCH3 is 1. The zero-order valence-corrected chi connectivity index (χ0v) is 9.51. The van der Waals surface area contributed by atoms with Gasteiger partial charge in [-0.15, -0.1) is 0 Å². The molecular weight excluding hydrogens is 220 g/mol. The second-order valence-corrected chi connectivity index (χ2v) is 3.50. The lowest BCUT2D eigenvalue weighted by atomic mass is 10.2. The summed E-state index contributed by atoms with van der Waals surface area (Å²) in [5.41, 5.74) is 1.36. The van der Waals surface area contributed by atoms with Crippen molar-refractivity contribution in [1.29, 1.82) is 5.26 Å². The number of nitrogens with one attached hydrogen (secondary N) is 1. The number of esters is 1. The van der Waals surface area contributed by atoms with Gasteiger partial charge in [-0.25, -0.2) is 0 Å². The highest BCUT2D eigenvalue weighted by molar-refractivity contribution is 5.69. The first kappa shape index (κ1) is 13.0. The number of ether oxygens (including phenoxy) is 1. The van der Waals surface area contributed by atoms with Gasteiger partial charge < -0.3 is 15.2 Å². The van der Waals surface area contributed by atoms with Gasteiger partial charge in [0.15, 0.2) is 0 Å². The molecule has 0 amide bonds. The molecule has 1 aromatic rings. The first-order chi connectivity index (χ1) is 8.15. The van der Waals surface area contributed by atoms with E-state index in [0.29, 0.717) is 5.56 Å². The van der Waals surface area contributed by atoms with Crippen LogP contribution < -0.4 is 5.32 Å². The SMILES string of the molecule is COC(=O)CC(O)CNc1ccc(C#N)cc1. The Balaban J connectivity index is 2.39. The number of benzene rings is 1. The fourth-order valence-electron chi connectivity index (χ4n) is 1.25. The highest BCUT2D eigenvalue weighted by Crippen LogP contribution is 2.09. The van der Waals surface area contributed by atoms with E-state index in [1.54, 1.807) is 24.3 Å². The molecule has 1 unspecified atom stereocenters. The summed E-state index contributed by atoms with van der Waals surface area (Å²) >= 11 is 0. The topological polar surface area (TPSA) is 82.3 Å². The largest absolute Gasteiger partial charge is 0.469 e. The molecule has 0 aliphatic heterocycles. The number of hydrogen-bond donors (Lipinski definition) is 2. The van der Waals surface area contributed by atoms with Crippen molar-refractivity contribution < 1.29 is 14.6 Å². The molecule has 0 fully saturated rings. The maximum atomic E-state index is 10.9. The van der Waals surface area contributed by atoms with Crippen molar-refractivity contribution in [2.75, 3.05) is 19.0 Å². The van der Waals surface area contributed by atoms with E-state index >= 15 is 0 Å². The minimum atomic E-state index is -0.793. The van der Waals surface area contributed by atoms with Crippen LogP contribution in [0.2, 0.25) is 0 Å². The summed E-state index contributed by atoms with van der Waals surface area (Å²) in [4.78, 5) is 10.9. The fourth-order valence-corrected chi connectivity index (χ4v) is 1.25. The normalized spacial score (nSPS) is 11.4. The van der Waals surface area contributed by atoms with Gasteiger partial charge in [-0.3, -0.25) is 4.79 Å². The summed E-state index contributed by atoms with van der Waals surface area (Å²) in [7, 11) is 1.28. The van der Waals surface area contributed by atoms with Crippen LogP contribution in [0, 0.1) is 11.3 Å². The third kappa shape index (κ3) is 4.53. The number of carbonyl (C=O) groups excluding carboxylic acids is 1. The van der Waals surface area contributed by atoms with Crippen LogP contribution in [0.25, 0.3) is 0 Å². The molecule has 0 aromatic heterocycles. The van der Waals surface area contributed by atoms with Gasteiger partial charge >= 0.3 is 5.97 Å². The van der Waals surface area contributed by atoms with Gasteiger partial charge in [-0.05, 0) is 24.3 Å². The van der Waals surface area contributed by atoms with Crippen molar-refractivity contribution in [2.45, 2.75) is 12.5 Å². The quantitative estimate of drug-likeness (QED) is 0.739. The van der Waals surface area contributed by atoms with Crippen LogP contribution in [-0.2, 0) is 9.53 Å². The molecule has 0 bridgehead atoms. The van der Waals surface area contributed by atoms with E-state index in [0.717, 1.165) is 5.69 Å². The van der Waals surface area contributed by atoms with Crippen LogP contribution >= 0.6 is 0 Å². The molecule has 0 aliphatic carbocycles. The zero-order chi connectivity index (χ0) is 12.7. The number of aliphatic hydroxyl groups excluding tert-OH is 1. The second kappa shape index (κ2) is 6.51. The van der Waals surface area contributed by atoms with E-state index in [1.807, 2.05) is 6.07 Å². The molecule has 1 aromatic carbocycles. The molecule has 0 radical (unpaired) electrons. The number of carbonyl (C=O) groups is 1. The molecule has 0 spiro atoms. The van der Waals surface area contributed by atoms with E-state index in [-0.39, 0.29) is 13.0 Å². The summed E-state index contributed by atoms with van der Waals surface area (Å²) in [5.74, 6) is -0.445. The lowest BCUT2D eigenvalue weighted by Crippen LogP contribution is -2.23. The van der Waals surface area contributed by atoms with E-state index in [1.165, 1.54) is 7.11 Å². The molecule has 0 aliphatic rings. The summed E-state index contributed by atoms with van der Waals surface area (Å²) in [6, 6.07) is 8.84. The van der Waals surface area contributed by atoms with Crippen molar-refractivity contribution in [1.82, 2.24) is 0 Å². The lowest BCUT2D eigenvalue weighted by Gasteiger charge is -2.11. The van der Waals surface area contributed by atoms with Crippen LogP contribution in [0.5, 0.6) is 0 Å². The lowest BCUT2D eigenvalue weighted by molar-refractivity contribution is -0.142. The fraction of sp³-hybridized carbons (Fsp3) is 0.333. The van der Waals surface area contributed by atoms with Gasteiger partial charge in [0.1, 0.15) is 0 Å². The molecule has 1 rings (SSSR count). The highest BCUT2D eigenvalue weighted by Gasteiger charge is 2.10. The number of hydrogen-bond acceptors (Lipinski definition) is 5. The Hall–Kier alpha value is -2.06. The third-order valence-electron chi connectivity index (χ3n) is 2.19. The van der Waals surface area contributed by atoms with Crippen LogP contribution in [0.15, 0.2) is 24.3 Å². The van der Waals surface area contributed by atoms with Crippen LogP contribution in [0.4, 0.5) is 5.69 Å². The van der Waals surface area contributed by atoms with Crippen molar-refractivity contribution in [2.24, 2.45) is 0 Å². The zero-order valence-electron chi connectivity index (χ0n) is 9.51. The average Bonchev–Trinajstić information content (AvgIpc) is 2.36. The predicted octanol–water partition coefficient (Wildman–Crippen LogP) is 0.894. The first-order valence-electron chi connectivity index (χ1n) is 5.14. The van der Waals surface area contributed by atoms with Crippen LogP contribution in [0.1, 0.15) is 12.0 Å². The Labute approximate surface area is 99.6 Å². The maximum absolute atomic E-state index is 10.9. The molecular formula is C12H14N2O3. The maximum Gasteiger partial charge on any atom is 0.308 e. The van der Waals surface area contributed by atoms with Gasteiger partial charge in [-0.1, -0.05) is 0 Å². The molecule has 5 heteroatoms. The van der Waals surface area contributed by atoms with Gasteiger partial charge in [0.25, 0.3) is 0 Å². The smallest absolute Gasteiger partial charge is 0.308 e. The number of rotatable bonds is 5. The molecule has 0 saturated heterocycles. The molecule has 0 saturated carbocycles. The van der Waals surface area contributed by atoms with Gasteiger partial charge in [0, 0.05) is 12.2 Å². The monoisotopic (exact) mass is 234 g/mol. The van der Waals surface area contributed by atoms with Gasteiger partial charge in [0.2, 0.25) is 0 Å². The Morgan fingerprint density at radius 2 is 2.18 bits per heavy atom. The van der Waals surface area contributed by atoms with Crippen LogP contribution in [-0.4, -0.2) is 30.8 Å².